The Kier molecular flexibility index (Phi) is 9.97. The number of carbonyl (C=O) groups is 3. The fraction of sp³-hybridized carbons (Fsp3) is 0.367. The van der Waals surface area contributed by atoms with Gasteiger partial charge in [-0.3, -0.25) is 14.4 Å². The van der Waals surface area contributed by atoms with Crippen LogP contribution in [0, 0.1) is 0 Å². The number of hydrogen-bond donors (Lipinski definition) is 2. The van der Waals surface area contributed by atoms with Crippen LogP contribution in [0.3, 0.4) is 0 Å². The zero-order chi connectivity index (χ0) is 27.6. The van der Waals surface area contributed by atoms with Crippen molar-refractivity contribution < 1.29 is 34.1 Å². The highest BCUT2D eigenvalue weighted by Crippen LogP contribution is 2.31. The van der Waals surface area contributed by atoms with Gasteiger partial charge < -0.3 is 24.6 Å². The van der Waals surface area contributed by atoms with Crippen LogP contribution < -0.4 is 9.47 Å². The molecule has 0 radical (unpaired) electrons. The van der Waals surface area contributed by atoms with Crippen LogP contribution in [0.1, 0.15) is 60.0 Å². The molecular weight excluding hydrogens is 518 g/mol. The lowest BCUT2D eigenvalue weighted by atomic mass is 10.0. The first-order chi connectivity index (χ1) is 18.9. The molecule has 3 aromatic rings. The Morgan fingerprint density at radius 3 is 2.41 bits per heavy atom. The molecule has 4 rings (SSSR count). The van der Waals surface area contributed by atoms with Gasteiger partial charge in [0, 0.05) is 37.1 Å². The van der Waals surface area contributed by atoms with E-state index in [-0.39, 0.29) is 38.4 Å². The number of rotatable bonds is 13. The molecule has 1 amide bonds. The van der Waals surface area contributed by atoms with Gasteiger partial charge in [-0.15, -0.1) is 0 Å². The van der Waals surface area contributed by atoms with E-state index in [2.05, 4.69) is 0 Å². The fourth-order valence-corrected chi connectivity index (χ4v) is 5.31. The third-order valence-corrected chi connectivity index (χ3v) is 7.34. The zero-order valence-corrected chi connectivity index (χ0v) is 22.6. The molecule has 39 heavy (non-hydrogen) atoms. The van der Waals surface area contributed by atoms with Gasteiger partial charge in [0.15, 0.2) is 0 Å². The van der Waals surface area contributed by atoms with Gasteiger partial charge in [-0.25, -0.2) is 0 Å². The Balaban J connectivity index is 1.57. The van der Waals surface area contributed by atoms with E-state index in [1.165, 1.54) is 0 Å². The van der Waals surface area contributed by atoms with E-state index < -0.39 is 11.9 Å². The van der Waals surface area contributed by atoms with E-state index in [1.807, 2.05) is 46.0 Å². The Morgan fingerprint density at radius 1 is 0.897 bits per heavy atom. The van der Waals surface area contributed by atoms with E-state index in [1.54, 1.807) is 23.5 Å². The highest BCUT2D eigenvalue weighted by atomic mass is 32.1. The van der Waals surface area contributed by atoms with Gasteiger partial charge in [-0.2, -0.15) is 11.3 Å². The Bertz CT molecular complexity index is 1280. The maximum Gasteiger partial charge on any atom is 0.303 e. The molecule has 0 spiro atoms. The molecule has 1 fully saturated rings. The van der Waals surface area contributed by atoms with E-state index in [0.717, 1.165) is 49.0 Å². The molecule has 2 N–H and O–H groups in total. The number of carboxylic acids is 2. The lowest BCUT2D eigenvalue weighted by molar-refractivity contribution is -0.138. The van der Waals surface area contributed by atoms with Gasteiger partial charge in [0.2, 0.25) is 0 Å². The van der Waals surface area contributed by atoms with Gasteiger partial charge in [0.1, 0.15) is 18.1 Å². The summed E-state index contributed by atoms with van der Waals surface area (Å²) >= 11 is 1.58. The normalized spacial score (nSPS) is 13.2. The molecule has 1 aliphatic rings. The largest absolute Gasteiger partial charge is 0.493 e. The minimum atomic E-state index is -0.924. The summed E-state index contributed by atoms with van der Waals surface area (Å²) in [6.45, 7) is 1.88. The predicted octanol–water partition coefficient (Wildman–Crippen LogP) is 5.88. The number of benzene rings is 2. The number of carboxylic acid groups (broad SMARTS) is 2. The first kappa shape index (κ1) is 28.2. The van der Waals surface area contributed by atoms with E-state index in [9.17, 15) is 19.5 Å². The summed E-state index contributed by atoms with van der Waals surface area (Å²) in [5, 5.41) is 22.2. The summed E-state index contributed by atoms with van der Waals surface area (Å²) in [7, 11) is 0. The molecular formula is C30H33NO7S. The van der Waals surface area contributed by atoms with Crippen molar-refractivity contribution in [2.24, 2.45) is 0 Å². The number of likely N-dealkylation sites (tertiary alicyclic amines) is 1. The minimum absolute atomic E-state index is 0.00413. The van der Waals surface area contributed by atoms with Crippen molar-refractivity contribution in [3.8, 4) is 22.6 Å². The summed E-state index contributed by atoms with van der Waals surface area (Å²) in [6.07, 6.45) is 3.66. The molecule has 0 saturated carbocycles. The van der Waals surface area contributed by atoms with Gasteiger partial charge in [-0.05, 0) is 89.9 Å². The second-order valence-electron chi connectivity index (χ2n) is 9.53. The Hall–Kier alpha value is -3.85. The van der Waals surface area contributed by atoms with Crippen LogP contribution in [0.5, 0.6) is 11.5 Å². The van der Waals surface area contributed by atoms with Gasteiger partial charge in [0.05, 0.1) is 6.61 Å². The zero-order valence-electron chi connectivity index (χ0n) is 21.8. The maximum absolute atomic E-state index is 13.3. The lowest BCUT2D eigenvalue weighted by Crippen LogP contribution is -2.35. The Morgan fingerprint density at radius 2 is 1.69 bits per heavy atom. The number of ether oxygens (including phenoxy) is 2. The van der Waals surface area contributed by atoms with Crippen molar-refractivity contribution >= 4 is 29.2 Å². The number of carbonyl (C=O) groups excluding carboxylic acids is 1. The molecule has 1 aliphatic heterocycles. The van der Waals surface area contributed by atoms with Crippen molar-refractivity contribution in [1.29, 1.82) is 0 Å². The van der Waals surface area contributed by atoms with E-state index in [0.29, 0.717) is 29.0 Å². The number of piperidine rings is 1. The van der Waals surface area contributed by atoms with Crippen molar-refractivity contribution in [1.82, 2.24) is 4.90 Å². The van der Waals surface area contributed by atoms with Crippen molar-refractivity contribution in [3.05, 3.63) is 69.9 Å². The molecule has 1 saturated heterocycles. The molecule has 0 aliphatic carbocycles. The number of nitrogens with zero attached hydrogens (tertiary/aromatic N) is 1. The number of thiophene rings is 1. The second-order valence-corrected chi connectivity index (χ2v) is 10.3. The monoisotopic (exact) mass is 551 g/mol. The summed E-state index contributed by atoms with van der Waals surface area (Å²) < 4.78 is 12.1. The summed E-state index contributed by atoms with van der Waals surface area (Å²) in [6, 6.07) is 13.0. The molecule has 8 nitrogen and oxygen atoms in total. The van der Waals surface area contributed by atoms with E-state index in [4.69, 9.17) is 14.6 Å². The standard InChI is InChI=1S/C30H33NO7S/c32-28(33)8-5-14-37-27-7-4-6-21(26(27)9-10-29(34)35)19-38-25-17-23(22-11-15-39-20-22)16-24(18-25)30(36)31-12-2-1-3-13-31/h4,6-7,11,15-18,20H,1-3,5,8-10,12-14,19H2,(H,32,33)(H,34,35). The number of aliphatic carboxylic acids is 2. The second kappa shape index (κ2) is 13.8. The third kappa shape index (κ3) is 8.07. The summed E-state index contributed by atoms with van der Waals surface area (Å²) in [5.41, 5.74) is 3.98. The summed E-state index contributed by atoms with van der Waals surface area (Å²) in [5.74, 6) is -0.746. The quantitative estimate of drug-likeness (QED) is 0.255. The molecule has 1 aromatic heterocycles. The van der Waals surface area contributed by atoms with Crippen LogP contribution in [0.15, 0.2) is 53.2 Å². The molecule has 206 valence electrons. The fourth-order valence-electron chi connectivity index (χ4n) is 4.64. The first-order valence-corrected chi connectivity index (χ1v) is 14.1. The van der Waals surface area contributed by atoms with E-state index >= 15 is 0 Å². The molecule has 2 heterocycles. The van der Waals surface area contributed by atoms with Gasteiger partial charge in [0.25, 0.3) is 5.91 Å². The summed E-state index contributed by atoms with van der Waals surface area (Å²) in [4.78, 5) is 37.4. The average Bonchev–Trinajstić information content (AvgIpc) is 3.48. The first-order valence-electron chi connectivity index (χ1n) is 13.2. The van der Waals surface area contributed by atoms with Crippen LogP contribution in [0.2, 0.25) is 0 Å². The van der Waals surface area contributed by atoms with Crippen LogP contribution in [-0.2, 0) is 22.6 Å². The van der Waals surface area contributed by atoms with Crippen LogP contribution in [-0.4, -0.2) is 52.7 Å². The molecule has 0 bridgehead atoms. The highest BCUT2D eigenvalue weighted by Gasteiger charge is 2.20. The van der Waals surface area contributed by atoms with Gasteiger partial charge >= 0.3 is 11.9 Å². The maximum atomic E-state index is 13.3. The number of amides is 1. The highest BCUT2D eigenvalue weighted by molar-refractivity contribution is 7.08. The molecule has 0 unspecified atom stereocenters. The number of hydrogen-bond acceptors (Lipinski definition) is 6. The lowest BCUT2D eigenvalue weighted by Gasteiger charge is -2.27. The van der Waals surface area contributed by atoms with Crippen molar-refractivity contribution in [2.45, 2.75) is 51.6 Å². The minimum Gasteiger partial charge on any atom is -0.493 e. The molecule has 9 heteroatoms. The molecule has 0 atom stereocenters. The Labute approximate surface area is 231 Å². The average molecular weight is 552 g/mol. The topological polar surface area (TPSA) is 113 Å². The smallest absolute Gasteiger partial charge is 0.303 e. The molecule has 2 aromatic carbocycles. The van der Waals surface area contributed by atoms with Crippen molar-refractivity contribution in [2.75, 3.05) is 19.7 Å². The predicted molar refractivity (Wildman–Crippen MR) is 149 cm³/mol. The third-order valence-electron chi connectivity index (χ3n) is 6.66. The SMILES string of the molecule is O=C(O)CCCOc1cccc(COc2cc(C(=O)N3CCCCC3)cc(-c3ccsc3)c2)c1CCC(=O)O. The van der Waals surface area contributed by atoms with Crippen LogP contribution in [0.4, 0.5) is 0 Å². The van der Waals surface area contributed by atoms with Gasteiger partial charge in [-0.1, -0.05) is 12.1 Å². The van der Waals surface area contributed by atoms with Crippen molar-refractivity contribution in [3.63, 3.8) is 0 Å². The van der Waals surface area contributed by atoms with Crippen LogP contribution >= 0.6 is 11.3 Å². The van der Waals surface area contributed by atoms with Crippen LogP contribution in [0.25, 0.3) is 11.1 Å².